The zero-order valence-corrected chi connectivity index (χ0v) is 30.5. The number of rotatable bonds is 5. The molecule has 12 aromatic rings. The molecule has 0 N–H and O–H groups in total. The predicted molar refractivity (Wildman–Crippen MR) is 232 cm³/mol. The van der Waals surface area contributed by atoms with E-state index in [0.29, 0.717) is 17.6 Å². The van der Waals surface area contributed by atoms with E-state index in [-0.39, 0.29) is 0 Å². The minimum atomic E-state index is 0.557. The normalized spacial score (nSPS) is 11.9. The number of furan rings is 1. The zero-order chi connectivity index (χ0) is 37.5. The van der Waals surface area contributed by atoms with Crippen molar-refractivity contribution in [1.82, 2.24) is 24.1 Å². The molecule has 0 saturated carbocycles. The molecule has 0 spiro atoms. The van der Waals surface area contributed by atoms with Gasteiger partial charge in [0.25, 0.3) is 0 Å². The second kappa shape index (κ2) is 12.3. The highest BCUT2D eigenvalue weighted by molar-refractivity contribution is 6.23. The van der Waals surface area contributed by atoms with E-state index in [1.54, 1.807) is 0 Å². The van der Waals surface area contributed by atoms with E-state index in [1.165, 1.54) is 10.8 Å². The van der Waals surface area contributed by atoms with Gasteiger partial charge in [-0.2, -0.15) is 9.97 Å². The fraction of sp³-hybridized carbons (Fsp3) is 0. The Morgan fingerprint density at radius 2 is 0.877 bits per heavy atom. The Morgan fingerprint density at radius 3 is 1.58 bits per heavy atom. The van der Waals surface area contributed by atoms with Crippen molar-refractivity contribution in [3.05, 3.63) is 188 Å². The Balaban J connectivity index is 1.12. The molecule has 4 heterocycles. The molecule has 0 amide bonds. The van der Waals surface area contributed by atoms with Crippen LogP contribution in [0.4, 0.5) is 0 Å². The largest absolute Gasteiger partial charge is 0.456 e. The van der Waals surface area contributed by atoms with E-state index in [9.17, 15) is 0 Å². The summed E-state index contributed by atoms with van der Waals surface area (Å²) in [5.41, 5.74) is 11.2. The first-order chi connectivity index (χ1) is 28.3. The van der Waals surface area contributed by atoms with Gasteiger partial charge in [-0.1, -0.05) is 152 Å². The first-order valence-corrected chi connectivity index (χ1v) is 19.1. The number of para-hydroxylation sites is 4. The van der Waals surface area contributed by atoms with Gasteiger partial charge in [0.2, 0.25) is 5.95 Å². The average molecular weight is 730 g/mol. The summed E-state index contributed by atoms with van der Waals surface area (Å²) in [6.45, 7) is 0. The third-order valence-electron chi connectivity index (χ3n) is 11.2. The molecule has 6 nitrogen and oxygen atoms in total. The number of hydrogen-bond acceptors (Lipinski definition) is 4. The lowest BCUT2D eigenvalue weighted by molar-refractivity contribution is 0.669. The number of nitrogens with zero attached hydrogens (tertiary/aromatic N) is 5. The summed E-state index contributed by atoms with van der Waals surface area (Å²) < 4.78 is 10.8. The molecule has 0 radical (unpaired) electrons. The summed E-state index contributed by atoms with van der Waals surface area (Å²) in [6, 6.07) is 65.5. The van der Waals surface area contributed by atoms with Crippen molar-refractivity contribution < 1.29 is 4.42 Å². The van der Waals surface area contributed by atoms with Crippen LogP contribution in [0.5, 0.6) is 0 Å². The highest BCUT2D eigenvalue weighted by atomic mass is 16.3. The predicted octanol–water partition coefficient (Wildman–Crippen LogP) is 13.0. The standard InChI is InChI=1S/C51H31N5O/c1-3-14-33(15-4-1)49-52-50(34-28-26-32(27-29-34)36-21-13-25-45-46(36)41-20-9-12-24-44(41)57-45)54-51(53-49)56-43-23-11-8-19-38(43)40-31-30-39-37-18-7-10-22-42(37)55(47(39)48(40)56)35-16-5-2-6-17-35/h1-31H. The lowest BCUT2D eigenvalue weighted by atomic mass is 9.98. The Kier molecular flexibility index (Phi) is 6.83. The molecule has 0 aliphatic heterocycles. The minimum Gasteiger partial charge on any atom is -0.456 e. The van der Waals surface area contributed by atoms with Crippen LogP contribution >= 0.6 is 0 Å². The quantitative estimate of drug-likeness (QED) is 0.177. The first kappa shape index (κ1) is 31.5. The first-order valence-electron chi connectivity index (χ1n) is 19.1. The number of benzene rings is 8. The number of aromatic nitrogens is 5. The second-order valence-corrected chi connectivity index (χ2v) is 14.4. The van der Waals surface area contributed by atoms with Crippen molar-refractivity contribution in [3.8, 4) is 45.5 Å². The molecule has 0 aliphatic rings. The molecule has 12 rings (SSSR count). The third kappa shape index (κ3) is 4.81. The Bertz CT molecular complexity index is 3510. The summed E-state index contributed by atoms with van der Waals surface area (Å²) in [5.74, 6) is 1.76. The maximum Gasteiger partial charge on any atom is 0.238 e. The van der Waals surface area contributed by atoms with Crippen molar-refractivity contribution in [2.75, 3.05) is 0 Å². The van der Waals surface area contributed by atoms with E-state index in [1.807, 2.05) is 36.4 Å². The van der Waals surface area contributed by atoms with Gasteiger partial charge in [-0.05, 0) is 47.5 Å². The molecule has 0 unspecified atom stereocenters. The van der Waals surface area contributed by atoms with E-state index < -0.39 is 0 Å². The summed E-state index contributed by atoms with van der Waals surface area (Å²) >= 11 is 0. The van der Waals surface area contributed by atoms with E-state index in [4.69, 9.17) is 19.4 Å². The molecule has 0 saturated heterocycles. The number of hydrogen-bond donors (Lipinski definition) is 0. The maximum atomic E-state index is 6.22. The Morgan fingerprint density at radius 1 is 0.351 bits per heavy atom. The van der Waals surface area contributed by atoms with Gasteiger partial charge in [0, 0.05) is 49.1 Å². The second-order valence-electron chi connectivity index (χ2n) is 14.4. The van der Waals surface area contributed by atoms with Crippen LogP contribution in [-0.4, -0.2) is 24.1 Å². The molecule has 0 atom stereocenters. The molecule has 8 aromatic carbocycles. The fourth-order valence-corrected chi connectivity index (χ4v) is 8.68. The molecule has 0 bridgehead atoms. The van der Waals surface area contributed by atoms with Gasteiger partial charge in [-0.25, -0.2) is 4.98 Å². The van der Waals surface area contributed by atoms with Gasteiger partial charge < -0.3 is 8.98 Å². The molecule has 6 heteroatoms. The van der Waals surface area contributed by atoms with Crippen LogP contribution in [0, 0.1) is 0 Å². The highest BCUT2D eigenvalue weighted by Gasteiger charge is 2.23. The van der Waals surface area contributed by atoms with Gasteiger partial charge in [0.1, 0.15) is 11.2 Å². The van der Waals surface area contributed by atoms with Crippen LogP contribution < -0.4 is 0 Å². The maximum absolute atomic E-state index is 6.22. The highest BCUT2D eigenvalue weighted by Crippen LogP contribution is 2.42. The van der Waals surface area contributed by atoms with Crippen molar-refractivity contribution in [1.29, 1.82) is 0 Å². The van der Waals surface area contributed by atoms with Gasteiger partial charge >= 0.3 is 0 Å². The summed E-state index contributed by atoms with van der Waals surface area (Å²) in [4.78, 5) is 15.8. The van der Waals surface area contributed by atoms with Crippen LogP contribution in [0.15, 0.2) is 192 Å². The zero-order valence-electron chi connectivity index (χ0n) is 30.5. The van der Waals surface area contributed by atoms with E-state index in [0.717, 1.165) is 82.7 Å². The topological polar surface area (TPSA) is 61.7 Å². The van der Waals surface area contributed by atoms with Crippen molar-refractivity contribution in [3.63, 3.8) is 0 Å². The van der Waals surface area contributed by atoms with Gasteiger partial charge in [0.15, 0.2) is 11.6 Å². The molecule has 0 fully saturated rings. The van der Waals surface area contributed by atoms with E-state index >= 15 is 0 Å². The van der Waals surface area contributed by atoms with Crippen LogP contribution in [-0.2, 0) is 0 Å². The monoisotopic (exact) mass is 729 g/mol. The Hall–Kier alpha value is -7.83. The van der Waals surface area contributed by atoms with Crippen LogP contribution in [0.2, 0.25) is 0 Å². The summed E-state index contributed by atoms with van der Waals surface area (Å²) in [5, 5.41) is 6.84. The summed E-state index contributed by atoms with van der Waals surface area (Å²) in [7, 11) is 0. The van der Waals surface area contributed by atoms with Crippen LogP contribution in [0.3, 0.4) is 0 Å². The molecule has 266 valence electrons. The molecule has 0 aliphatic carbocycles. The lowest BCUT2D eigenvalue weighted by Crippen LogP contribution is -2.07. The average Bonchev–Trinajstić information content (AvgIpc) is 3.95. The summed E-state index contributed by atoms with van der Waals surface area (Å²) in [6.07, 6.45) is 0. The minimum absolute atomic E-state index is 0.557. The number of fused-ring (bicyclic) bond motifs is 10. The Labute approximate surface area is 326 Å². The molecule has 4 aromatic heterocycles. The van der Waals surface area contributed by atoms with Crippen LogP contribution in [0.25, 0.3) is 111 Å². The molecule has 57 heavy (non-hydrogen) atoms. The van der Waals surface area contributed by atoms with Crippen molar-refractivity contribution in [2.24, 2.45) is 0 Å². The van der Waals surface area contributed by atoms with Gasteiger partial charge in [-0.15, -0.1) is 0 Å². The van der Waals surface area contributed by atoms with Crippen molar-refractivity contribution >= 4 is 65.6 Å². The third-order valence-corrected chi connectivity index (χ3v) is 11.2. The fourth-order valence-electron chi connectivity index (χ4n) is 8.68. The van der Waals surface area contributed by atoms with Gasteiger partial charge in [0.05, 0.1) is 22.1 Å². The van der Waals surface area contributed by atoms with Crippen molar-refractivity contribution in [2.45, 2.75) is 0 Å². The molecular formula is C51H31N5O. The van der Waals surface area contributed by atoms with E-state index in [2.05, 4.69) is 161 Å². The molecular weight excluding hydrogens is 699 g/mol. The van der Waals surface area contributed by atoms with Gasteiger partial charge in [-0.3, -0.25) is 4.57 Å². The lowest BCUT2D eigenvalue weighted by Gasteiger charge is -2.13. The smallest absolute Gasteiger partial charge is 0.238 e. The SMILES string of the molecule is c1ccc(-c2nc(-c3ccc(-c4cccc5oc6ccccc6c45)cc3)nc(-n3c4ccccc4c4ccc5c6ccccc6n(-c6ccccc6)c5c43)n2)cc1. The van der Waals surface area contributed by atoms with Crippen LogP contribution in [0.1, 0.15) is 0 Å².